The second-order valence-electron chi connectivity index (χ2n) is 4.32. The van der Waals surface area contributed by atoms with E-state index in [-0.39, 0.29) is 0 Å². The lowest BCUT2D eigenvalue weighted by atomic mass is 9.95. The van der Waals surface area contributed by atoms with E-state index in [0.717, 1.165) is 37.3 Å². The Morgan fingerprint density at radius 3 is 2.94 bits per heavy atom. The number of nitrogens with two attached hydrogens (primary N) is 1. The average Bonchev–Trinajstić information content (AvgIpc) is 2.35. The van der Waals surface area contributed by atoms with Gasteiger partial charge >= 0.3 is 0 Å². The summed E-state index contributed by atoms with van der Waals surface area (Å²) in [5, 5.41) is 0. The molecule has 0 radical (unpaired) electrons. The molecule has 2 N–H and O–H groups in total. The van der Waals surface area contributed by atoms with E-state index in [9.17, 15) is 0 Å². The molecular weight excluding hydrogens is 200 g/mol. The Hall–Kier alpha value is -1.09. The van der Waals surface area contributed by atoms with Gasteiger partial charge in [-0.25, -0.2) is 4.98 Å². The molecular formula is C13H20N2O. The number of hydrogen-bond donors (Lipinski definition) is 1. The molecule has 0 unspecified atom stereocenters. The average molecular weight is 220 g/mol. The standard InChI is InChI=1S/C13H20N2O/c1-2-7-16-13-11(9-14)8-10-5-3-4-6-12(10)15-13/h8H,2-7,9,14H2,1H3. The van der Waals surface area contributed by atoms with Crippen molar-refractivity contribution in [2.45, 2.75) is 45.6 Å². The molecule has 0 aliphatic heterocycles. The lowest BCUT2D eigenvalue weighted by Gasteiger charge is -2.18. The third-order valence-electron chi connectivity index (χ3n) is 3.00. The van der Waals surface area contributed by atoms with Gasteiger partial charge in [0.25, 0.3) is 0 Å². The summed E-state index contributed by atoms with van der Waals surface area (Å²) in [5.41, 5.74) is 9.37. The van der Waals surface area contributed by atoms with Gasteiger partial charge in [-0.05, 0) is 43.7 Å². The van der Waals surface area contributed by atoms with Crippen LogP contribution in [-0.4, -0.2) is 11.6 Å². The van der Waals surface area contributed by atoms with E-state index in [4.69, 9.17) is 10.5 Å². The zero-order valence-electron chi connectivity index (χ0n) is 9.96. The number of aromatic nitrogens is 1. The molecule has 0 spiro atoms. The van der Waals surface area contributed by atoms with E-state index in [1.54, 1.807) is 0 Å². The first-order valence-corrected chi connectivity index (χ1v) is 6.19. The van der Waals surface area contributed by atoms with Gasteiger partial charge < -0.3 is 10.5 Å². The van der Waals surface area contributed by atoms with E-state index < -0.39 is 0 Å². The molecule has 1 heterocycles. The second-order valence-corrected chi connectivity index (χ2v) is 4.32. The number of hydrogen-bond acceptors (Lipinski definition) is 3. The topological polar surface area (TPSA) is 48.1 Å². The Kier molecular flexibility index (Phi) is 3.78. The third kappa shape index (κ3) is 2.35. The molecule has 0 bridgehead atoms. The highest BCUT2D eigenvalue weighted by molar-refractivity contribution is 5.35. The van der Waals surface area contributed by atoms with Crippen LogP contribution >= 0.6 is 0 Å². The number of ether oxygens (including phenoxy) is 1. The smallest absolute Gasteiger partial charge is 0.218 e. The fourth-order valence-electron chi connectivity index (χ4n) is 2.13. The van der Waals surface area contributed by atoms with Crippen molar-refractivity contribution in [3.05, 3.63) is 22.9 Å². The Labute approximate surface area is 97.0 Å². The van der Waals surface area contributed by atoms with Crippen LogP contribution in [0.15, 0.2) is 6.07 Å². The van der Waals surface area contributed by atoms with Crippen LogP contribution in [0.2, 0.25) is 0 Å². The number of rotatable bonds is 4. The number of pyridine rings is 1. The monoisotopic (exact) mass is 220 g/mol. The Balaban J connectivity index is 2.28. The predicted octanol–water partition coefficient (Wildman–Crippen LogP) is 2.21. The minimum atomic E-state index is 0.513. The maximum atomic E-state index is 5.74. The van der Waals surface area contributed by atoms with Crippen LogP contribution in [0.1, 0.15) is 43.0 Å². The molecule has 0 fully saturated rings. The van der Waals surface area contributed by atoms with Crippen molar-refractivity contribution in [1.82, 2.24) is 4.98 Å². The third-order valence-corrected chi connectivity index (χ3v) is 3.00. The first-order valence-electron chi connectivity index (χ1n) is 6.19. The summed E-state index contributed by atoms with van der Waals surface area (Å²) in [6.45, 7) is 3.33. The summed E-state index contributed by atoms with van der Waals surface area (Å²) in [4.78, 5) is 4.62. The van der Waals surface area contributed by atoms with Crippen molar-refractivity contribution in [3.63, 3.8) is 0 Å². The molecule has 1 aromatic rings. The predicted molar refractivity (Wildman–Crippen MR) is 64.6 cm³/mol. The SMILES string of the molecule is CCCOc1nc2c(cc1CN)CCCC2. The molecule has 0 aromatic carbocycles. The molecule has 1 aliphatic rings. The molecule has 3 heteroatoms. The molecule has 2 rings (SSSR count). The Morgan fingerprint density at radius 1 is 1.38 bits per heavy atom. The van der Waals surface area contributed by atoms with Crippen molar-refractivity contribution in [2.24, 2.45) is 5.73 Å². The van der Waals surface area contributed by atoms with Crippen molar-refractivity contribution in [1.29, 1.82) is 0 Å². The Bertz CT molecular complexity index is 363. The second kappa shape index (κ2) is 5.30. The van der Waals surface area contributed by atoms with E-state index in [1.165, 1.54) is 24.1 Å². The minimum Gasteiger partial charge on any atom is -0.477 e. The van der Waals surface area contributed by atoms with Crippen LogP contribution in [-0.2, 0) is 19.4 Å². The molecule has 0 amide bonds. The van der Waals surface area contributed by atoms with Gasteiger partial charge in [-0.2, -0.15) is 0 Å². The van der Waals surface area contributed by atoms with Gasteiger partial charge in [0.15, 0.2) is 0 Å². The number of fused-ring (bicyclic) bond motifs is 1. The van der Waals surface area contributed by atoms with Gasteiger partial charge in [0, 0.05) is 17.8 Å². The molecule has 16 heavy (non-hydrogen) atoms. The molecule has 88 valence electrons. The van der Waals surface area contributed by atoms with Crippen LogP contribution in [0.5, 0.6) is 5.88 Å². The zero-order chi connectivity index (χ0) is 11.4. The molecule has 3 nitrogen and oxygen atoms in total. The first kappa shape index (κ1) is 11.4. The number of aryl methyl sites for hydroxylation is 2. The molecule has 0 saturated heterocycles. The molecule has 1 aliphatic carbocycles. The molecule has 0 saturated carbocycles. The largest absolute Gasteiger partial charge is 0.477 e. The van der Waals surface area contributed by atoms with Gasteiger partial charge in [-0.3, -0.25) is 0 Å². The maximum Gasteiger partial charge on any atom is 0.218 e. The quantitative estimate of drug-likeness (QED) is 0.846. The van der Waals surface area contributed by atoms with Crippen LogP contribution in [0, 0.1) is 0 Å². The lowest BCUT2D eigenvalue weighted by molar-refractivity contribution is 0.300. The van der Waals surface area contributed by atoms with Gasteiger partial charge in [0.05, 0.1) is 6.61 Å². The van der Waals surface area contributed by atoms with E-state index in [2.05, 4.69) is 18.0 Å². The number of nitrogens with zero attached hydrogens (tertiary/aromatic N) is 1. The first-order chi connectivity index (χ1) is 7.85. The zero-order valence-corrected chi connectivity index (χ0v) is 9.96. The van der Waals surface area contributed by atoms with Crippen LogP contribution in [0.4, 0.5) is 0 Å². The minimum absolute atomic E-state index is 0.513. The van der Waals surface area contributed by atoms with Crippen molar-refractivity contribution in [3.8, 4) is 5.88 Å². The van der Waals surface area contributed by atoms with E-state index >= 15 is 0 Å². The van der Waals surface area contributed by atoms with Crippen LogP contribution in [0.25, 0.3) is 0 Å². The highest BCUT2D eigenvalue weighted by Crippen LogP contribution is 2.25. The van der Waals surface area contributed by atoms with Crippen LogP contribution in [0.3, 0.4) is 0 Å². The Morgan fingerprint density at radius 2 is 2.19 bits per heavy atom. The van der Waals surface area contributed by atoms with E-state index in [1.807, 2.05) is 0 Å². The normalized spacial score (nSPS) is 14.6. The maximum absolute atomic E-state index is 5.74. The molecule has 0 atom stereocenters. The lowest BCUT2D eigenvalue weighted by Crippen LogP contribution is -2.11. The summed E-state index contributed by atoms with van der Waals surface area (Å²) in [5.74, 6) is 0.755. The van der Waals surface area contributed by atoms with Crippen molar-refractivity contribution >= 4 is 0 Å². The van der Waals surface area contributed by atoms with Gasteiger partial charge in [-0.15, -0.1) is 0 Å². The van der Waals surface area contributed by atoms with Gasteiger partial charge in [-0.1, -0.05) is 6.92 Å². The fraction of sp³-hybridized carbons (Fsp3) is 0.615. The van der Waals surface area contributed by atoms with Crippen molar-refractivity contribution in [2.75, 3.05) is 6.61 Å². The summed E-state index contributed by atoms with van der Waals surface area (Å²) >= 11 is 0. The van der Waals surface area contributed by atoms with Crippen molar-refractivity contribution < 1.29 is 4.74 Å². The fourth-order valence-corrected chi connectivity index (χ4v) is 2.13. The van der Waals surface area contributed by atoms with E-state index in [0.29, 0.717) is 6.54 Å². The van der Waals surface area contributed by atoms with Crippen LogP contribution < -0.4 is 10.5 Å². The highest BCUT2D eigenvalue weighted by Gasteiger charge is 2.15. The summed E-state index contributed by atoms with van der Waals surface area (Å²) in [6, 6.07) is 2.19. The summed E-state index contributed by atoms with van der Waals surface area (Å²) in [7, 11) is 0. The highest BCUT2D eigenvalue weighted by atomic mass is 16.5. The van der Waals surface area contributed by atoms with Gasteiger partial charge in [0.2, 0.25) is 5.88 Å². The summed E-state index contributed by atoms with van der Waals surface area (Å²) in [6.07, 6.45) is 5.75. The summed E-state index contributed by atoms with van der Waals surface area (Å²) < 4.78 is 5.65. The van der Waals surface area contributed by atoms with Gasteiger partial charge in [0.1, 0.15) is 0 Å². The molecule has 1 aromatic heterocycles.